The van der Waals surface area contributed by atoms with Crippen molar-refractivity contribution in [2.24, 2.45) is 5.92 Å². The van der Waals surface area contributed by atoms with Crippen molar-refractivity contribution in [3.8, 4) is 0 Å². The van der Waals surface area contributed by atoms with Gasteiger partial charge in [0, 0.05) is 24.5 Å². The number of imidazole rings is 1. The molecule has 2 aromatic heterocycles. The molecule has 0 saturated carbocycles. The molecule has 0 N–H and O–H groups in total. The van der Waals surface area contributed by atoms with Crippen LogP contribution in [-0.2, 0) is 11.3 Å². The van der Waals surface area contributed by atoms with Gasteiger partial charge >= 0.3 is 0 Å². The zero-order valence-corrected chi connectivity index (χ0v) is 12.4. The highest BCUT2D eigenvalue weighted by atomic mass is 35.5. The highest BCUT2D eigenvalue weighted by Crippen LogP contribution is 2.27. The third-order valence-corrected chi connectivity index (χ3v) is 4.70. The summed E-state index contributed by atoms with van der Waals surface area (Å²) >= 11 is 7.72. The van der Waals surface area contributed by atoms with Crippen LogP contribution >= 0.6 is 22.9 Å². The lowest BCUT2D eigenvalue weighted by molar-refractivity contribution is -0.128. The van der Waals surface area contributed by atoms with E-state index in [2.05, 4.69) is 11.9 Å². The number of thiazole rings is 1. The molecular weight excluding hydrogens is 282 g/mol. The van der Waals surface area contributed by atoms with Gasteiger partial charge in [0.05, 0.1) is 12.2 Å². The number of rotatable bonds is 4. The van der Waals surface area contributed by atoms with Crippen LogP contribution in [0.5, 0.6) is 0 Å². The molecular formula is C13H16ClN3OS. The summed E-state index contributed by atoms with van der Waals surface area (Å²) < 4.78 is 1.98. The summed E-state index contributed by atoms with van der Waals surface area (Å²) in [5.41, 5.74) is 0.920. The first-order valence-corrected chi connectivity index (χ1v) is 7.82. The van der Waals surface area contributed by atoms with Gasteiger partial charge in [-0.3, -0.25) is 9.20 Å². The second-order valence-electron chi connectivity index (χ2n) is 5.04. The van der Waals surface area contributed by atoms with E-state index in [0.717, 1.165) is 30.0 Å². The van der Waals surface area contributed by atoms with E-state index in [0.29, 0.717) is 24.0 Å². The first-order chi connectivity index (χ1) is 9.19. The summed E-state index contributed by atoms with van der Waals surface area (Å²) in [7, 11) is 0. The molecule has 1 fully saturated rings. The van der Waals surface area contributed by atoms with Crippen molar-refractivity contribution in [2.75, 3.05) is 6.54 Å². The molecule has 4 nitrogen and oxygen atoms in total. The molecule has 19 heavy (non-hydrogen) atoms. The van der Waals surface area contributed by atoms with Crippen molar-refractivity contribution in [2.45, 2.75) is 32.7 Å². The summed E-state index contributed by atoms with van der Waals surface area (Å²) in [4.78, 5) is 19.1. The summed E-state index contributed by atoms with van der Waals surface area (Å²) in [5.74, 6) is 0.738. The minimum atomic E-state index is 0.236. The SMILES string of the molecule is CCCC1CC(=O)N(Cc2c(Cl)nc3sccn23)C1. The van der Waals surface area contributed by atoms with Crippen molar-refractivity contribution < 1.29 is 4.79 Å². The Kier molecular flexibility index (Phi) is 3.50. The van der Waals surface area contributed by atoms with E-state index in [-0.39, 0.29) is 5.91 Å². The van der Waals surface area contributed by atoms with Gasteiger partial charge in [-0.2, -0.15) is 0 Å². The van der Waals surface area contributed by atoms with Crippen molar-refractivity contribution in [3.63, 3.8) is 0 Å². The molecule has 0 bridgehead atoms. The number of carbonyl (C=O) groups is 1. The lowest BCUT2D eigenvalue weighted by Gasteiger charge is -2.16. The molecule has 6 heteroatoms. The van der Waals surface area contributed by atoms with Crippen molar-refractivity contribution >= 4 is 33.8 Å². The van der Waals surface area contributed by atoms with Crippen LogP contribution in [0, 0.1) is 5.92 Å². The number of carbonyl (C=O) groups excluding carboxylic acids is 1. The minimum Gasteiger partial charge on any atom is -0.336 e. The van der Waals surface area contributed by atoms with Crippen LogP contribution in [0.15, 0.2) is 11.6 Å². The van der Waals surface area contributed by atoms with E-state index in [4.69, 9.17) is 11.6 Å². The van der Waals surface area contributed by atoms with Crippen LogP contribution in [0.25, 0.3) is 4.96 Å². The molecule has 3 rings (SSSR count). The van der Waals surface area contributed by atoms with E-state index >= 15 is 0 Å². The van der Waals surface area contributed by atoms with Crippen LogP contribution in [-0.4, -0.2) is 26.7 Å². The maximum absolute atomic E-state index is 12.0. The molecule has 0 radical (unpaired) electrons. The van der Waals surface area contributed by atoms with Crippen LogP contribution in [0.3, 0.4) is 0 Å². The van der Waals surface area contributed by atoms with Crippen LogP contribution in [0.1, 0.15) is 31.9 Å². The zero-order chi connectivity index (χ0) is 13.4. The molecule has 1 amide bonds. The predicted molar refractivity (Wildman–Crippen MR) is 76.5 cm³/mol. The molecule has 1 aliphatic heterocycles. The van der Waals surface area contributed by atoms with E-state index in [1.807, 2.05) is 20.9 Å². The average Bonchev–Trinajstić information content (AvgIpc) is 3.00. The van der Waals surface area contributed by atoms with Gasteiger partial charge in [-0.1, -0.05) is 24.9 Å². The fraction of sp³-hybridized carbons (Fsp3) is 0.538. The maximum Gasteiger partial charge on any atom is 0.223 e. The Morgan fingerprint density at radius 1 is 1.58 bits per heavy atom. The second kappa shape index (κ2) is 5.13. The molecule has 2 aromatic rings. The van der Waals surface area contributed by atoms with Gasteiger partial charge in [-0.25, -0.2) is 4.98 Å². The Morgan fingerprint density at radius 3 is 3.21 bits per heavy atom. The number of amides is 1. The molecule has 1 aliphatic rings. The Bertz CT molecular complexity index is 606. The molecule has 0 spiro atoms. The third-order valence-electron chi connectivity index (χ3n) is 3.64. The predicted octanol–water partition coefficient (Wildman–Crippen LogP) is 3.20. The molecule has 1 atom stereocenters. The summed E-state index contributed by atoms with van der Waals surface area (Å²) in [6, 6.07) is 0. The molecule has 0 aliphatic carbocycles. The quantitative estimate of drug-likeness (QED) is 0.869. The van der Waals surface area contributed by atoms with Crippen molar-refractivity contribution in [1.82, 2.24) is 14.3 Å². The van der Waals surface area contributed by atoms with Gasteiger partial charge in [-0.05, 0) is 12.3 Å². The topological polar surface area (TPSA) is 37.6 Å². The largest absolute Gasteiger partial charge is 0.336 e. The molecule has 0 aromatic carbocycles. The Balaban J connectivity index is 1.79. The molecule has 1 saturated heterocycles. The second-order valence-corrected chi connectivity index (χ2v) is 6.27. The average molecular weight is 298 g/mol. The number of hydrogen-bond acceptors (Lipinski definition) is 3. The number of hydrogen-bond donors (Lipinski definition) is 0. The van der Waals surface area contributed by atoms with E-state index in [1.165, 1.54) is 0 Å². The normalized spacial score (nSPS) is 19.8. The number of halogens is 1. The van der Waals surface area contributed by atoms with Crippen molar-refractivity contribution in [3.05, 3.63) is 22.4 Å². The maximum atomic E-state index is 12.0. The number of fused-ring (bicyclic) bond motifs is 1. The zero-order valence-electron chi connectivity index (χ0n) is 10.8. The van der Waals surface area contributed by atoms with E-state index < -0.39 is 0 Å². The Morgan fingerprint density at radius 2 is 2.42 bits per heavy atom. The first kappa shape index (κ1) is 12.9. The standard InChI is InChI=1S/C13H16ClN3OS/c1-2-3-9-6-11(18)16(7-9)8-10-12(14)15-13-17(10)4-5-19-13/h4-5,9H,2-3,6-8H2,1H3. The minimum absolute atomic E-state index is 0.236. The lowest BCUT2D eigenvalue weighted by atomic mass is 10.0. The Labute approximate surface area is 121 Å². The Hall–Kier alpha value is -1.07. The summed E-state index contributed by atoms with van der Waals surface area (Å²) in [5, 5.41) is 2.49. The first-order valence-electron chi connectivity index (χ1n) is 6.56. The third kappa shape index (κ3) is 2.37. The summed E-state index contributed by atoms with van der Waals surface area (Å²) in [6.45, 7) is 3.58. The van der Waals surface area contributed by atoms with E-state index in [1.54, 1.807) is 11.3 Å². The molecule has 3 heterocycles. The van der Waals surface area contributed by atoms with Crippen LogP contribution in [0.4, 0.5) is 0 Å². The van der Waals surface area contributed by atoms with Crippen LogP contribution < -0.4 is 0 Å². The highest BCUT2D eigenvalue weighted by molar-refractivity contribution is 7.15. The highest BCUT2D eigenvalue weighted by Gasteiger charge is 2.30. The van der Waals surface area contributed by atoms with Gasteiger partial charge in [0.25, 0.3) is 0 Å². The van der Waals surface area contributed by atoms with E-state index in [9.17, 15) is 4.79 Å². The number of likely N-dealkylation sites (tertiary alicyclic amines) is 1. The van der Waals surface area contributed by atoms with Crippen molar-refractivity contribution in [1.29, 1.82) is 0 Å². The number of nitrogens with zero attached hydrogens (tertiary/aromatic N) is 3. The van der Waals surface area contributed by atoms with Gasteiger partial charge in [-0.15, -0.1) is 11.3 Å². The molecule has 1 unspecified atom stereocenters. The lowest BCUT2D eigenvalue weighted by Crippen LogP contribution is -2.25. The molecule has 102 valence electrons. The van der Waals surface area contributed by atoms with Gasteiger partial charge < -0.3 is 4.90 Å². The van der Waals surface area contributed by atoms with Gasteiger partial charge in [0.2, 0.25) is 5.91 Å². The fourth-order valence-electron chi connectivity index (χ4n) is 2.74. The van der Waals surface area contributed by atoms with Crippen LogP contribution in [0.2, 0.25) is 5.15 Å². The summed E-state index contributed by atoms with van der Waals surface area (Å²) in [6.07, 6.45) is 4.89. The van der Waals surface area contributed by atoms with Gasteiger partial charge in [0.15, 0.2) is 10.1 Å². The monoisotopic (exact) mass is 297 g/mol. The fourth-order valence-corrected chi connectivity index (χ4v) is 3.75. The smallest absolute Gasteiger partial charge is 0.223 e. The van der Waals surface area contributed by atoms with Gasteiger partial charge in [0.1, 0.15) is 0 Å². The number of aromatic nitrogens is 2.